The van der Waals surface area contributed by atoms with Gasteiger partial charge < -0.3 is 10.6 Å². The summed E-state index contributed by atoms with van der Waals surface area (Å²) in [5, 5.41) is 0.909. The average molecular weight is 270 g/mol. The highest BCUT2D eigenvalue weighted by Gasteiger charge is 2.26. The predicted octanol–water partition coefficient (Wildman–Crippen LogP) is 2.97. The lowest BCUT2D eigenvalue weighted by Gasteiger charge is -2.34. The van der Waals surface area contributed by atoms with E-state index in [2.05, 4.69) is 22.9 Å². The van der Waals surface area contributed by atoms with Crippen LogP contribution in [0.3, 0.4) is 0 Å². The topological polar surface area (TPSA) is 29.3 Å². The van der Waals surface area contributed by atoms with Gasteiger partial charge in [-0.15, -0.1) is 0 Å². The Balaban J connectivity index is 1.80. The summed E-state index contributed by atoms with van der Waals surface area (Å²) in [7, 11) is 0. The van der Waals surface area contributed by atoms with Gasteiger partial charge in [-0.1, -0.05) is 12.8 Å². The molecule has 3 unspecified atom stereocenters. The summed E-state index contributed by atoms with van der Waals surface area (Å²) in [5.41, 5.74) is 5.95. The fourth-order valence-corrected chi connectivity index (χ4v) is 4.45. The smallest absolute Gasteiger partial charge is 0.00569 e. The maximum atomic E-state index is 5.95. The van der Waals surface area contributed by atoms with E-state index in [-0.39, 0.29) is 0 Å². The van der Waals surface area contributed by atoms with Gasteiger partial charge in [0.15, 0.2) is 0 Å². The Morgan fingerprint density at radius 2 is 1.78 bits per heavy atom. The highest BCUT2D eigenvalue weighted by atomic mass is 32.2. The first kappa shape index (κ1) is 14.7. The van der Waals surface area contributed by atoms with Crippen molar-refractivity contribution in [2.75, 3.05) is 32.4 Å². The molecule has 18 heavy (non-hydrogen) atoms. The second kappa shape index (κ2) is 7.76. The third kappa shape index (κ3) is 4.14. The molecule has 2 rings (SSSR count). The molecule has 1 aliphatic heterocycles. The molecule has 3 heteroatoms. The van der Waals surface area contributed by atoms with Gasteiger partial charge in [0.25, 0.3) is 0 Å². The Hall–Kier alpha value is 0.270. The fraction of sp³-hybridized carbons (Fsp3) is 1.00. The van der Waals surface area contributed by atoms with Crippen LogP contribution in [-0.2, 0) is 0 Å². The van der Waals surface area contributed by atoms with Crippen LogP contribution in [0.4, 0.5) is 0 Å². The van der Waals surface area contributed by atoms with Gasteiger partial charge in [-0.3, -0.25) is 0 Å². The van der Waals surface area contributed by atoms with Crippen molar-refractivity contribution in [3.8, 4) is 0 Å². The lowest BCUT2D eigenvalue weighted by Crippen LogP contribution is -2.37. The van der Waals surface area contributed by atoms with Crippen LogP contribution in [0, 0.1) is 11.8 Å². The SMILES string of the molecule is CSC1CCCN(CC2CCCCC2CN)CC1. The third-order valence-corrected chi connectivity index (χ3v) is 6.10. The number of thioether (sulfide) groups is 1. The molecular weight excluding hydrogens is 240 g/mol. The highest BCUT2D eigenvalue weighted by Crippen LogP contribution is 2.31. The lowest BCUT2D eigenvalue weighted by molar-refractivity contribution is 0.157. The van der Waals surface area contributed by atoms with Crippen molar-refractivity contribution < 1.29 is 0 Å². The largest absolute Gasteiger partial charge is 0.330 e. The number of rotatable bonds is 4. The highest BCUT2D eigenvalue weighted by molar-refractivity contribution is 7.99. The second-order valence-electron chi connectivity index (χ2n) is 6.13. The number of nitrogens with zero attached hydrogens (tertiary/aromatic N) is 1. The van der Waals surface area contributed by atoms with E-state index in [9.17, 15) is 0 Å². The predicted molar refractivity (Wildman–Crippen MR) is 82.1 cm³/mol. The molecule has 0 aromatic heterocycles. The van der Waals surface area contributed by atoms with Gasteiger partial charge in [0.05, 0.1) is 0 Å². The van der Waals surface area contributed by atoms with Gasteiger partial charge in [-0.2, -0.15) is 11.8 Å². The number of hydrogen-bond acceptors (Lipinski definition) is 3. The molecule has 0 aromatic carbocycles. The van der Waals surface area contributed by atoms with E-state index < -0.39 is 0 Å². The van der Waals surface area contributed by atoms with Crippen LogP contribution < -0.4 is 5.73 Å². The molecule has 2 aliphatic rings. The van der Waals surface area contributed by atoms with Crippen LogP contribution in [0.2, 0.25) is 0 Å². The Labute approximate surface area is 117 Å². The van der Waals surface area contributed by atoms with Crippen LogP contribution in [-0.4, -0.2) is 42.6 Å². The van der Waals surface area contributed by atoms with Crippen molar-refractivity contribution in [3.05, 3.63) is 0 Å². The molecule has 0 aromatic rings. The third-order valence-electron chi connectivity index (χ3n) is 4.96. The van der Waals surface area contributed by atoms with Gasteiger partial charge in [0, 0.05) is 11.8 Å². The van der Waals surface area contributed by atoms with E-state index in [1.54, 1.807) is 0 Å². The fourth-order valence-electron chi connectivity index (χ4n) is 3.71. The van der Waals surface area contributed by atoms with Crippen molar-refractivity contribution in [3.63, 3.8) is 0 Å². The normalized spacial score (nSPS) is 35.3. The molecule has 1 heterocycles. The minimum absolute atomic E-state index is 0.804. The van der Waals surface area contributed by atoms with E-state index in [1.165, 1.54) is 64.6 Å². The number of nitrogens with two attached hydrogens (primary N) is 1. The first-order valence-electron chi connectivity index (χ1n) is 7.78. The summed E-state index contributed by atoms with van der Waals surface area (Å²) in [6, 6.07) is 0. The molecule has 2 N–H and O–H groups in total. The van der Waals surface area contributed by atoms with E-state index in [1.807, 2.05) is 0 Å². The van der Waals surface area contributed by atoms with Gasteiger partial charge >= 0.3 is 0 Å². The van der Waals surface area contributed by atoms with Crippen molar-refractivity contribution in [2.45, 2.75) is 50.2 Å². The summed E-state index contributed by atoms with van der Waals surface area (Å²) in [6.07, 6.45) is 12.1. The summed E-state index contributed by atoms with van der Waals surface area (Å²) < 4.78 is 0. The zero-order chi connectivity index (χ0) is 12.8. The van der Waals surface area contributed by atoms with Crippen LogP contribution in [0.5, 0.6) is 0 Å². The number of likely N-dealkylation sites (tertiary alicyclic amines) is 1. The Morgan fingerprint density at radius 3 is 2.50 bits per heavy atom. The summed E-state index contributed by atoms with van der Waals surface area (Å²) in [6.45, 7) is 4.87. The standard InChI is InChI=1S/C15H30N2S/c1-18-15-7-4-9-17(10-8-15)12-14-6-3-2-5-13(14)11-16/h13-15H,2-12,16H2,1H3. The van der Waals surface area contributed by atoms with Crippen LogP contribution in [0.15, 0.2) is 0 Å². The van der Waals surface area contributed by atoms with E-state index in [0.29, 0.717) is 0 Å². The van der Waals surface area contributed by atoms with Crippen molar-refractivity contribution in [1.82, 2.24) is 4.90 Å². The number of hydrogen-bond donors (Lipinski definition) is 1. The van der Waals surface area contributed by atoms with E-state index in [0.717, 1.165) is 23.6 Å². The first-order chi connectivity index (χ1) is 8.83. The second-order valence-corrected chi connectivity index (χ2v) is 7.27. The monoisotopic (exact) mass is 270 g/mol. The Morgan fingerprint density at radius 1 is 1.00 bits per heavy atom. The minimum Gasteiger partial charge on any atom is -0.330 e. The van der Waals surface area contributed by atoms with Gasteiger partial charge in [-0.05, 0) is 69.8 Å². The first-order valence-corrected chi connectivity index (χ1v) is 9.07. The molecule has 1 aliphatic carbocycles. The zero-order valence-corrected chi connectivity index (χ0v) is 12.8. The van der Waals surface area contributed by atoms with E-state index >= 15 is 0 Å². The molecule has 1 saturated heterocycles. The molecule has 2 nitrogen and oxygen atoms in total. The molecule has 0 amide bonds. The molecule has 3 atom stereocenters. The molecule has 0 spiro atoms. The summed E-state index contributed by atoms with van der Waals surface area (Å²) in [5.74, 6) is 1.69. The molecule has 106 valence electrons. The Bertz CT molecular complexity index is 235. The Kier molecular flexibility index (Phi) is 6.33. The maximum absolute atomic E-state index is 5.95. The van der Waals surface area contributed by atoms with Crippen molar-refractivity contribution in [1.29, 1.82) is 0 Å². The van der Waals surface area contributed by atoms with E-state index in [4.69, 9.17) is 5.73 Å². The van der Waals surface area contributed by atoms with Gasteiger partial charge in [0.2, 0.25) is 0 Å². The summed E-state index contributed by atoms with van der Waals surface area (Å²) >= 11 is 2.07. The zero-order valence-electron chi connectivity index (χ0n) is 11.9. The minimum atomic E-state index is 0.804. The molecular formula is C15H30N2S. The molecule has 2 fully saturated rings. The quantitative estimate of drug-likeness (QED) is 0.851. The molecule has 1 saturated carbocycles. The maximum Gasteiger partial charge on any atom is 0.00569 e. The van der Waals surface area contributed by atoms with Gasteiger partial charge in [-0.25, -0.2) is 0 Å². The van der Waals surface area contributed by atoms with Crippen LogP contribution in [0.1, 0.15) is 44.9 Å². The van der Waals surface area contributed by atoms with Gasteiger partial charge in [0.1, 0.15) is 0 Å². The molecule has 0 bridgehead atoms. The summed E-state index contributed by atoms with van der Waals surface area (Å²) in [4.78, 5) is 2.73. The van der Waals surface area contributed by atoms with Crippen molar-refractivity contribution >= 4 is 11.8 Å². The van der Waals surface area contributed by atoms with Crippen molar-refractivity contribution in [2.24, 2.45) is 17.6 Å². The van der Waals surface area contributed by atoms with Crippen LogP contribution >= 0.6 is 11.8 Å². The molecule has 0 radical (unpaired) electrons. The van der Waals surface area contributed by atoms with Crippen LogP contribution in [0.25, 0.3) is 0 Å². The lowest BCUT2D eigenvalue weighted by atomic mass is 9.79. The average Bonchev–Trinajstić information content (AvgIpc) is 2.64.